The summed E-state index contributed by atoms with van der Waals surface area (Å²) in [5, 5.41) is 4.94. The van der Waals surface area contributed by atoms with Crippen molar-refractivity contribution in [2.75, 3.05) is 4.90 Å². The van der Waals surface area contributed by atoms with Gasteiger partial charge in [0.25, 0.3) is 0 Å². The second-order valence-electron chi connectivity index (χ2n) is 8.42. The average molecular weight is 500 g/mol. The first-order valence-electron chi connectivity index (χ1n) is 11.4. The molecule has 34 heavy (non-hydrogen) atoms. The topological polar surface area (TPSA) is 3.24 Å². The lowest BCUT2D eigenvalue weighted by Crippen LogP contribution is -2.10. The number of halogens is 1. The summed E-state index contributed by atoms with van der Waals surface area (Å²) in [5.41, 5.74) is 5.86. The first-order valence-corrected chi connectivity index (χ1v) is 12.2. The Labute approximate surface area is 208 Å². The molecule has 0 N–H and O–H groups in total. The van der Waals surface area contributed by atoms with Crippen molar-refractivity contribution in [3.63, 3.8) is 0 Å². The van der Waals surface area contributed by atoms with Gasteiger partial charge in [0.15, 0.2) is 0 Å². The molecule has 0 bridgehead atoms. The van der Waals surface area contributed by atoms with Gasteiger partial charge >= 0.3 is 0 Å². The highest BCUT2D eigenvalue weighted by Gasteiger charge is 2.15. The van der Waals surface area contributed by atoms with Gasteiger partial charge in [-0.2, -0.15) is 0 Å². The van der Waals surface area contributed by atoms with Crippen molar-refractivity contribution < 1.29 is 0 Å². The zero-order valence-corrected chi connectivity index (χ0v) is 20.1. The van der Waals surface area contributed by atoms with Crippen LogP contribution in [0.15, 0.2) is 138 Å². The maximum atomic E-state index is 3.53. The van der Waals surface area contributed by atoms with Crippen molar-refractivity contribution in [2.45, 2.75) is 0 Å². The van der Waals surface area contributed by atoms with Crippen molar-refractivity contribution in [2.24, 2.45) is 0 Å². The van der Waals surface area contributed by atoms with Gasteiger partial charge in [0, 0.05) is 21.2 Å². The third-order valence-electron chi connectivity index (χ3n) is 6.30. The Morgan fingerprint density at radius 3 is 1.79 bits per heavy atom. The van der Waals surface area contributed by atoms with E-state index in [2.05, 4.69) is 154 Å². The Bertz CT molecular complexity index is 1600. The predicted octanol–water partition coefficient (Wildman–Crippen LogP) is 9.89. The summed E-state index contributed by atoms with van der Waals surface area (Å²) in [5.74, 6) is 0. The zero-order chi connectivity index (χ0) is 22.9. The van der Waals surface area contributed by atoms with E-state index >= 15 is 0 Å². The van der Waals surface area contributed by atoms with Crippen LogP contribution in [0.4, 0.5) is 17.1 Å². The standard InChI is InChI=1S/C32H22BrN/c33-28-17-12-24(13-18-28)25-14-19-29(20-15-25)34(30-21-16-23-6-1-2-8-27(23)22-30)32-11-5-9-26-7-3-4-10-31(26)32/h1-22H. The lowest BCUT2D eigenvalue weighted by molar-refractivity contribution is 1.30. The highest BCUT2D eigenvalue weighted by atomic mass is 79.9. The number of anilines is 3. The molecule has 0 aliphatic heterocycles. The SMILES string of the molecule is Brc1ccc(-c2ccc(N(c3ccc4ccccc4c3)c3cccc4ccccc34)cc2)cc1. The molecule has 6 rings (SSSR count). The molecule has 0 spiro atoms. The third-order valence-corrected chi connectivity index (χ3v) is 6.83. The lowest BCUT2D eigenvalue weighted by Gasteiger charge is -2.27. The fourth-order valence-electron chi connectivity index (χ4n) is 4.59. The Balaban J connectivity index is 1.52. The van der Waals surface area contributed by atoms with Gasteiger partial charge in [-0.1, -0.05) is 107 Å². The van der Waals surface area contributed by atoms with Gasteiger partial charge in [-0.3, -0.25) is 0 Å². The molecule has 0 fully saturated rings. The fourth-order valence-corrected chi connectivity index (χ4v) is 4.86. The van der Waals surface area contributed by atoms with Gasteiger partial charge in [-0.15, -0.1) is 0 Å². The molecule has 0 unspecified atom stereocenters. The van der Waals surface area contributed by atoms with Crippen LogP contribution in [-0.2, 0) is 0 Å². The van der Waals surface area contributed by atoms with Gasteiger partial charge in [-0.05, 0) is 69.8 Å². The normalized spacial score (nSPS) is 11.1. The summed E-state index contributed by atoms with van der Waals surface area (Å²) in [6, 6.07) is 47.6. The monoisotopic (exact) mass is 499 g/mol. The summed E-state index contributed by atoms with van der Waals surface area (Å²) >= 11 is 3.53. The predicted molar refractivity (Wildman–Crippen MR) is 149 cm³/mol. The van der Waals surface area contributed by atoms with Crippen molar-refractivity contribution in [3.05, 3.63) is 138 Å². The van der Waals surface area contributed by atoms with Crippen LogP contribution >= 0.6 is 15.9 Å². The lowest BCUT2D eigenvalue weighted by atomic mass is 10.0. The minimum absolute atomic E-state index is 1.09. The summed E-state index contributed by atoms with van der Waals surface area (Å²) in [6.45, 7) is 0. The van der Waals surface area contributed by atoms with Crippen LogP contribution in [0.3, 0.4) is 0 Å². The summed E-state index contributed by atoms with van der Waals surface area (Å²) in [4.78, 5) is 2.36. The Kier molecular flexibility index (Phi) is 5.37. The minimum Gasteiger partial charge on any atom is -0.310 e. The van der Waals surface area contributed by atoms with Crippen LogP contribution < -0.4 is 4.90 Å². The molecule has 6 aromatic rings. The first kappa shape index (κ1) is 20.7. The van der Waals surface area contributed by atoms with Gasteiger partial charge in [0.2, 0.25) is 0 Å². The zero-order valence-electron chi connectivity index (χ0n) is 18.5. The van der Waals surface area contributed by atoms with E-state index in [1.165, 1.54) is 38.4 Å². The number of fused-ring (bicyclic) bond motifs is 2. The second-order valence-corrected chi connectivity index (χ2v) is 9.33. The number of hydrogen-bond donors (Lipinski definition) is 0. The van der Waals surface area contributed by atoms with Crippen LogP contribution in [0, 0.1) is 0 Å². The van der Waals surface area contributed by atoms with Crippen LogP contribution in [0.25, 0.3) is 32.7 Å². The maximum Gasteiger partial charge on any atom is 0.0540 e. The molecule has 162 valence electrons. The van der Waals surface area contributed by atoms with Crippen LogP contribution in [-0.4, -0.2) is 0 Å². The molecule has 0 saturated carbocycles. The van der Waals surface area contributed by atoms with Gasteiger partial charge < -0.3 is 4.90 Å². The molecule has 0 heterocycles. The number of benzene rings is 6. The van der Waals surface area contributed by atoms with Gasteiger partial charge in [0.1, 0.15) is 0 Å². The van der Waals surface area contributed by atoms with E-state index in [0.29, 0.717) is 0 Å². The van der Waals surface area contributed by atoms with Crippen molar-refractivity contribution in [1.29, 1.82) is 0 Å². The molecule has 0 saturated heterocycles. The van der Waals surface area contributed by atoms with Crippen molar-refractivity contribution in [3.8, 4) is 11.1 Å². The molecule has 1 nitrogen and oxygen atoms in total. The van der Waals surface area contributed by atoms with Crippen molar-refractivity contribution >= 4 is 54.5 Å². The summed E-state index contributed by atoms with van der Waals surface area (Å²) in [7, 11) is 0. The maximum absolute atomic E-state index is 3.53. The Morgan fingerprint density at radius 2 is 1.03 bits per heavy atom. The van der Waals surface area contributed by atoms with E-state index in [-0.39, 0.29) is 0 Å². The number of hydrogen-bond acceptors (Lipinski definition) is 1. The van der Waals surface area contributed by atoms with Crippen molar-refractivity contribution in [1.82, 2.24) is 0 Å². The van der Waals surface area contributed by atoms with Crippen LogP contribution in [0.2, 0.25) is 0 Å². The van der Waals surface area contributed by atoms with Crippen LogP contribution in [0.5, 0.6) is 0 Å². The Hall–Kier alpha value is -3.88. The van der Waals surface area contributed by atoms with E-state index in [0.717, 1.165) is 15.8 Å². The first-order chi connectivity index (χ1) is 16.8. The molecule has 0 aliphatic carbocycles. The number of nitrogens with zero attached hydrogens (tertiary/aromatic N) is 1. The largest absolute Gasteiger partial charge is 0.310 e. The molecule has 0 atom stereocenters. The number of rotatable bonds is 4. The highest BCUT2D eigenvalue weighted by Crippen LogP contribution is 2.40. The van der Waals surface area contributed by atoms with E-state index in [1.807, 2.05) is 0 Å². The molecule has 0 radical (unpaired) electrons. The smallest absolute Gasteiger partial charge is 0.0540 e. The van der Waals surface area contributed by atoms with E-state index in [9.17, 15) is 0 Å². The highest BCUT2D eigenvalue weighted by molar-refractivity contribution is 9.10. The van der Waals surface area contributed by atoms with Gasteiger partial charge in [-0.25, -0.2) is 0 Å². The summed E-state index contributed by atoms with van der Waals surface area (Å²) in [6.07, 6.45) is 0. The molecule has 2 heteroatoms. The van der Waals surface area contributed by atoms with E-state index in [4.69, 9.17) is 0 Å². The quantitative estimate of drug-likeness (QED) is 0.233. The van der Waals surface area contributed by atoms with Crippen LogP contribution in [0.1, 0.15) is 0 Å². The second kappa shape index (κ2) is 8.81. The molecular weight excluding hydrogens is 478 g/mol. The van der Waals surface area contributed by atoms with E-state index in [1.54, 1.807) is 0 Å². The molecule has 0 aromatic heterocycles. The van der Waals surface area contributed by atoms with Gasteiger partial charge in [0.05, 0.1) is 5.69 Å². The molecular formula is C32H22BrN. The van der Waals surface area contributed by atoms with E-state index < -0.39 is 0 Å². The molecule has 6 aromatic carbocycles. The fraction of sp³-hybridized carbons (Fsp3) is 0. The average Bonchev–Trinajstić information content (AvgIpc) is 2.90. The molecule has 0 aliphatic rings. The molecule has 0 amide bonds. The minimum atomic E-state index is 1.09. The summed E-state index contributed by atoms with van der Waals surface area (Å²) < 4.78 is 1.09. The third kappa shape index (κ3) is 3.87. The Morgan fingerprint density at radius 1 is 0.441 bits per heavy atom.